The predicted molar refractivity (Wildman–Crippen MR) is 92.0 cm³/mol. The van der Waals surface area contributed by atoms with Gasteiger partial charge in [-0.2, -0.15) is 0 Å². The third kappa shape index (κ3) is 4.21. The minimum absolute atomic E-state index is 0. The van der Waals surface area contributed by atoms with Gasteiger partial charge in [0.1, 0.15) is 0 Å². The van der Waals surface area contributed by atoms with Gasteiger partial charge in [-0.25, -0.2) is 0 Å². The van der Waals surface area contributed by atoms with E-state index in [1.807, 2.05) is 0 Å². The first kappa shape index (κ1) is 16.8. The fourth-order valence-electron chi connectivity index (χ4n) is 4.12. The van der Waals surface area contributed by atoms with Gasteiger partial charge in [-0.05, 0) is 36.9 Å². The maximum atomic E-state index is 6.02. The van der Waals surface area contributed by atoms with E-state index in [9.17, 15) is 0 Å². The number of nitrogens with two attached hydrogens (primary N) is 1. The van der Waals surface area contributed by atoms with Crippen molar-refractivity contribution in [2.75, 3.05) is 26.2 Å². The van der Waals surface area contributed by atoms with E-state index in [2.05, 4.69) is 35.2 Å². The largest absolute Gasteiger partial charge is 0.330 e. The summed E-state index contributed by atoms with van der Waals surface area (Å²) in [5, 5.41) is 0. The van der Waals surface area contributed by atoms with Crippen LogP contribution in [0.2, 0.25) is 0 Å². The van der Waals surface area contributed by atoms with Crippen LogP contribution in [0.25, 0.3) is 0 Å². The second-order valence-electron chi connectivity index (χ2n) is 6.71. The first-order valence-electron chi connectivity index (χ1n) is 8.34. The highest BCUT2D eigenvalue weighted by atomic mass is 35.5. The van der Waals surface area contributed by atoms with Gasteiger partial charge in [0, 0.05) is 19.0 Å². The Balaban J connectivity index is 0.00000161. The zero-order valence-electron chi connectivity index (χ0n) is 12.9. The fraction of sp³-hybridized carbons (Fsp3) is 0.667. The summed E-state index contributed by atoms with van der Waals surface area (Å²) in [5.41, 5.74) is 7.49. The van der Waals surface area contributed by atoms with Gasteiger partial charge in [0.05, 0.1) is 0 Å². The lowest BCUT2D eigenvalue weighted by Crippen LogP contribution is -2.25. The Bertz CT molecular complexity index is 403. The van der Waals surface area contributed by atoms with Gasteiger partial charge in [0.25, 0.3) is 0 Å². The van der Waals surface area contributed by atoms with Crippen LogP contribution in [0.15, 0.2) is 30.3 Å². The Kier molecular flexibility index (Phi) is 6.53. The molecule has 0 unspecified atom stereocenters. The second kappa shape index (κ2) is 8.17. The van der Waals surface area contributed by atoms with Crippen molar-refractivity contribution in [2.45, 2.75) is 38.0 Å². The van der Waals surface area contributed by atoms with Crippen LogP contribution in [0.5, 0.6) is 0 Å². The highest BCUT2D eigenvalue weighted by Crippen LogP contribution is 2.33. The van der Waals surface area contributed by atoms with Gasteiger partial charge in [-0.15, -0.1) is 12.4 Å². The number of halogens is 1. The average Bonchev–Trinajstić information content (AvgIpc) is 3.15. The molecule has 1 aromatic rings. The summed E-state index contributed by atoms with van der Waals surface area (Å²) in [6, 6.07) is 11.0. The van der Waals surface area contributed by atoms with Crippen LogP contribution >= 0.6 is 12.4 Å². The van der Waals surface area contributed by atoms with Gasteiger partial charge in [0.15, 0.2) is 0 Å². The maximum Gasteiger partial charge on any atom is 0.00540 e. The maximum absolute atomic E-state index is 6.02. The molecule has 1 aliphatic heterocycles. The van der Waals surface area contributed by atoms with Crippen molar-refractivity contribution >= 4 is 12.4 Å². The molecule has 2 aliphatic rings. The summed E-state index contributed by atoms with van der Waals surface area (Å²) in [7, 11) is 0. The Morgan fingerprint density at radius 1 is 1.05 bits per heavy atom. The minimum atomic E-state index is 0. The van der Waals surface area contributed by atoms with Crippen molar-refractivity contribution in [3.8, 4) is 0 Å². The number of nitrogens with zero attached hydrogens (tertiary/aromatic N) is 1. The van der Waals surface area contributed by atoms with Crippen LogP contribution in [0.1, 0.15) is 43.6 Å². The van der Waals surface area contributed by atoms with Crippen molar-refractivity contribution in [3.63, 3.8) is 0 Å². The monoisotopic (exact) mass is 308 g/mol. The molecule has 0 aromatic heterocycles. The summed E-state index contributed by atoms with van der Waals surface area (Å²) in [6.07, 6.45) is 7.26. The minimum Gasteiger partial charge on any atom is -0.330 e. The molecule has 2 nitrogen and oxygen atoms in total. The van der Waals surface area contributed by atoms with Gasteiger partial charge < -0.3 is 10.6 Å². The number of hydrogen-bond acceptors (Lipinski definition) is 2. The number of likely N-dealkylation sites (tertiary alicyclic amines) is 1. The van der Waals surface area contributed by atoms with Gasteiger partial charge in [-0.1, -0.05) is 56.0 Å². The lowest BCUT2D eigenvalue weighted by atomic mass is 9.89. The van der Waals surface area contributed by atoms with Crippen molar-refractivity contribution < 1.29 is 0 Å². The molecule has 3 heteroatoms. The smallest absolute Gasteiger partial charge is 0.00540 e. The van der Waals surface area contributed by atoms with E-state index >= 15 is 0 Å². The molecule has 1 saturated heterocycles. The Morgan fingerprint density at radius 2 is 1.76 bits per heavy atom. The number of hydrogen-bond donors (Lipinski definition) is 1. The van der Waals surface area contributed by atoms with Crippen LogP contribution in [0.3, 0.4) is 0 Å². The van der Waals surface area contributed by atoms with Gasteiger partial charge in [-0.3, -0.25) is 0 Å². The SMILES string of the molecule is Cl.NC[C@@H]1CN(CCC2CCCC2)C[C@H]1c1ccccc1. The molecule has 21 heavy (non-hydrogen) atoms. The van der Waals surface area contributed by atoms with Crippen LogP contribution < -0.4 is 5.73 Å². The van der Waals surface area contributed by atoms with E-state index in [0.29, 0.717) is 11.8 Å². The molecule has 1 aliphatic carbocycles. The van der Waals surface area contributed by atoms with Gasteiger partial charge in [0.2, 0.25) is 0 Å². The Labute approximate surface area is 135 Å². The summed E-state index contributed by atoms with van der Waals surface area (Å²) >= 11 is 0. The van der Waals surface area contributed by atoms with E-state index < -0.39 is 0 Å². The first-order valence-corrected chi connectivity index (χ1v) is 8.34. The highest BCUT2D eigenvalue weighted by molar-refractivity contribution is 5.85. The van der Waals surface area contributed by atoms with Crippen molar-refractivity contribution in [1.82, 2.24) is 4.90 Å². The molecule has 1 saturated carbocycles. The summed E-state index contributed by atoms with van der Waals surface area (Å²) in [5.74, 6) is 2.29. The normalized spacial score (nSPS) is 26.9. The molecular formula is C18H29ClN2. The topological polar surface area (TPSA) is 29.3 Å². The van der Waals surface area contributed by atoms with Crippen LogP contribution in [-0.4, -0.2) is 31.1 Å². The Morgan fingerprint density at radius 3 is 2.43 bits per heavy atom. The molecule has 0 spiro atoms. The predicted octanol–water partition coefficient (Wildman–Crippen LogP) is 3.66. The summed E-state index contributed by atoms with van der Waals surface area (Å²) in [4.78, 5) is 2.66. The van der Waals surface area contributed by atoms with E-state index in [1.165, 1.54) is 57.3 Å². The molecule has 0 radical (unpaired) electrons. The molecule has 0 amide bonds. The molecule has 1 heterocycles. The molecule has 1 aromatic carbocycles. The molecule has 2 atom stereocenters. The van der Waals surface area contributed by atoms with E-state index in [1.54, 1.807) is 0 Å². The lowest BCUT2D eigenvalue weighted by molar-refractivity contribution is 0.292. The lowest BCUT2D eigenvalue weighted by Gasteiger charge is -2.18. The number of rotatable bonds is 5. The zero-order chi connectivity index (χ0) is 13.8. The Hall–Kier alpha value is -0.570. The third-order valence-corrected chi connectivity index (χ3v) is 5.38. The van der Waals surface area contributed by atoms with Gasteiger partial charge >= 0.3 is 0 Å². The molecule has 3 rings (SSSR count). The van der Waals surface area contributed by atoms with Crippen LogP contribution in [0.4, 0.5) is 0 Å². The van der Waals surface area contributed by atoms with E-state index in [4.69, 9.17) is 5.73 Å². The first-order chi connectivity index (χ1) is 9.86. The summed E-state index contributed by atoms with van der Waals surface area (Å²) < 4.78 is 0. The van der Waals surface area contributed by atoms with Crippen molar-refractivity contribution in [2.24, 2.45) is 17.6 Å². The van der Waals surface area contributed by atoms with Crippen molar-refractivity contribution in [3.05, 3.63) is 35.9 Å². The molecule has 2 fully saturated rings. The van der Waals surface area contributed by atoms with E-state index in [0.717, 1.165) is 12.5 Å². The molecule has 2 N–H and O–H groups in total. The zero-order valence-corrected chi connectivity index (χ0v) is 13.7. The third-order valence-electron chi connectivity index (χ3n) is 5.38. The van der Waals surface area contributed by atoms with Crippen LogP contribution in [-0.2, 0) is 0 Å². The number of benzene rings is 1. The molecule has 118 valence electrons. The van der Waals surface area contributed by atoms with Crippen molar-refractivity contribution in [1.29, 1.82) is 0 Å². The molecule has 0 bridgehead atoms. The van der Waals surface area contributed by atoms with Crippen LogP contribution in [0, 0.1) is 11.8 Å². The standard InChI is InChI=1S/C18H28N2.ClH/c19-12-17-13-20(11-10-15-6-4-5-7-15)14-18(17)16-8-2-1-3-9-16;/h1-3,8-9,15,17-18H,4-7,10-14,19H2;1H/t17-,18+;/m1./s1. The van der Waals surface area contributed by atoms with E-state index in [-0.39, 0.29) is 12.4 Å². The summed E-state index contributed by atoms with van der Waals surface area (Å²) in [6.45, 7) is 4.51. The average molecular weight is 309 g/mol. The molecular weight excluding hydrogens is 280 g/mol. The highest BCUT2D eigenvalue weighted by Gasteiger charge is 2.32. The second-order valence-corrected chi connectivity index (χ2v) is 6.71. The fourth-order valence-corrected chi connectivity index (χ4v) is 4.12. The quantitative estimate of drug-likeness (QED) is 0.899.